The largest absolute Gasteiger partial charge is 0.349 e. The maximum atomic E-state index is 12.0. The van der Waals surface area contributed by atoms with Gasteiger partial charge in [0.15, 0.2) is 0 Å². The number of hydrogen-bond donors (Lipinski definition) is 3. The molecule has 0 atom stereocenters. The fourth-order valence-electron chi connectivity index (χ4n) is 2.01. The van der Waals surface area contributed by atoms with E-state index in [0.29, 0.717) is 17.8 Å². The van der Waals surface area contributed by atoms with Gasteiger partial charge in [0.1, 0.15) is 0 Å². The fourth-order valence-corrected chi connectivity index (χ4v) is 2.01. The number of hydrogen-bond acceptors (Lipinski definition) is 3. The molecule has 0 unspecified atom stereocenters. The second-order valence-electron chi connectivity index (χ2n) is 5.04. The Labute approximate surface area is 118 Å². The highest BCUT2D eigenvalue weighted by Crippen LogP contribution is 2.30. The molecule has 1 saturated carbocycles. The zero-order valence-electron chi connectivity index (χ0n) is 11.3. The van der Waals surface area contributed by atoms with Crippen LogP contribution in [0.15, 0.2) is 36.9 Å². The van der Waals surface area contributed by atoms with Gasteiger partial charge in [-0.3, -0.25) is 9.59 Å². The monoisotopic (exact) mass is 273 g/mol. The number of amides is 2. The average Bonchev–Trinajstić information content (AvgIpc) is 2.42. The van der Waals surface area contributed by atoms with E-state index in [0.717, 1.165) is 19.3 Å². The molecule has 0 spiro atoms. The van der Waals surface area contributed by atoms with Crippen LogP contribution in [0.5, 0.6) is 0 Å². The molecule has 0 heterocycles. The van der Waals surface area contributed by atoms with E-state index < -0.39 is 5.54 Å². The summed E-state index contributed by atoms with van der Waals surface area (Å²) in [6.45, 7) is 3.96. The molecule has 1 aromatic carbocycles. The summed E-state index contributed by atoms with van der Waals surface area (Å²) in [6, 6.07) is 6.72. The first-order chi connectivity index (χ1) is 9.55. The molecule has 106 valence electrons. The molecule has 2 amide bonds. The van der Waals surface area contributed by atoms with E-state index >= 15 is 0 Å². The van der Waals surface area contributed by atoms with Crippen LogP contribution in [-0.2, 0) is 4.79 Å². The van der Waals surface area contributed by atoms with Crippen LogP contribution in [0.3, 0.4) is 0 Å². The van der Waals surface area contributed by atoms with Gasteiger partial charge in [-0.25, -0.2) is 0 Å². The minimum absolute atomic E-state index is 0.160. The molecule has 1 aliphatic rings. The first-order valence-electron chi connectivity index (χ1n) is 6.65. The van der Waals surface area contributed by atoms with Crippen molar-refractivity contribution < 1.29 is 9.59 Å². The Hall–Kier alpha value is -2.14. The smallest absolute Gasteiger partial charge is 0.251 e. The molecule has 2 rings (SSSR count). The maximum absolute atomic E-state index is 12.0. The quantitative estimate of drug-likeness (QED) is 0.709. The normalized spacial score (nSPS) is 15.8. The molecule has 5 heteroatoms. The maximum Gasteiger partial charge on any atom is 0.251 e. The molecule has 0 radical (unpaired) electrons. The summed E-state index contributed by atoms with van der Waals surface area (Å²) in [5, 5.41) is 5.47. The van der Waals surface area contributed by atoms with Gasteiger partial charge in [0.05, 0.1) is 5.54 Å². The zero-order chi connectivity index (χ0) is 14.6. The van der Waals surface area contributed by atoms with Gasteiger partial charge in [0.25, 0.3) is 5.91 Å². The van der Waals surface area contributed by atoms with Gasteiger partial charge < -0.3 is 16.4 Å². The van der Waals surface area contributed by atoms with Crippen molar-refractivity contribution in [2.75, 3.05) is 11.9 Å². The number of carbonyl (C=O) groups is 2. The lowest BCUT2D eigenvalue weighted by molar-refractivity contribution is -0.123. The predicted octanol–water partition coefficient (Wildman–Crippen LogP) is 1.42. The SMILES string of the molecule is C=CCNC(=O)c1ccc(NC(=O)C2(N)CCC2)cc1. The summed E-state index contributed by atoms with van der Waals surface area (Å²) in [4.78, 5) is 23.6. The summed E-state index contributed by atoms with van der Waals surface area (Å²) < 4.78 is 0. The first kappa shape index (κ1) is 14.3. The van der Waals surface area contributed by atoms with Crippen LogP contribution in [0, 0.1) is 0 Å². The van der Waals surface area contributed by atoms with Crippen LogP contribution in [0.4, 0.5) is 5.69 Å². The molecular formula is C15H19N3O2. The van der Waals surface area contributed by atoms with Crippen molar-refractivity contribution in [2.24, 2.45) is 5.73 Å². The third-order valence-corrected chi connectivity index (χ3v) is 3.51. The summed E-state index contributed by atoms with van der Waals surface area (Å²) in [7, 11) is 0. The second-order valence-corrected chi connectivity index (χ2v) is 5.04. The summed E-state index contributed by atoms with van der Waals surface area (Å²) in [5.41, 5.74) is 6.40. The van der Waals surface area contributed by atoms with E-state index in [2.05, 4.69) is 17.2 Å². The topological polar surface area (TPSA) is 84.2 Å². The van der Waals surface area contributed by atoms with E-state index in [4.69, 9.17) is 5.73 Å². The van der Waals surface area contributed by atoms with E-state index in [1.165, 1.54) is 0 Å². The number of nitrogens with one attached hydrogen (secondary N) is 2. The Balaban J connectivity index is 1.96. The van der Waals surface area contributed by atoms with Crippen molar-refractivity contribution >= 4 is 17.5 Å². The van der Waals surface area contributed by atoms with E-state index in [-0.39, 0.29) is 11.8 Å². The molecule has 20 heavy (non-hydrogen) atoms. The molecule has 0 bridgehead atoms. The van der Waals surface area contributed by atoms with Crippen LogP contribution in [0.2, 0.25) is 0 Å². The summed E-state index contributed by atoms with van der Waals surface area (Å²) in [5.74, 6) is -0.329. The number of carbonyl (C=O) groups excluding carboxylic acids is 2. The average molecular weight is 273 g/mol. The molecular weight excluding hydrogens is 254 g/mol. The highest BCUT2D eigenvalue weighted by Gasteiger charge is 2.40. The highest BCUT2D eigenvalue weighted by molar-refractivity contribution is 5.99. The third kappa shape index (κ3) is 3.05. The first-order valence-corrected chi connectivity index (χ1v) is 6.65. The van der Waals surface area contributed by atoms with E-state index in [1.807, 2.05) is 0 Å². The summed E-state index contributed by atoms with van der Waals surface area (Å²) >= 11 is 0. The predicted molar refractivity (Wildman–Crippen MR) is 78.4 cm³/mol. The standard InChI is InChI=1S/C15H19N3O2/c1-2-10-17-13(19)11-4-6-12(7-5-11)18-14(20)15(16)8-3-9-15/h2,4-7H,1,3,8-10,16H2,(H,17,19)(H,18,20). The lowest BCUT2D eigenvalue weighted by Gasteiger charge is -2.36. The lowest BCUT2D eigenvalue weighted by Crippen LogP contribution is -2.56. The zero-order valence-corrected chi connectivity index (χ0v) is 11.3. The van der Waals surface area contributed by atoms with E-state index in [1.54, 1.807) is 30.3 Å². The Morgan fingerprint density at radius 1 is 1.30 bits per heavy atom. The van der Waals surface area contributed by atoms with Gasteiger partial charge in [-0.2, -0.15) is 0 Å². The Bertz CT molecular complexity index is 518. The molecule has 1 fully saturated rings. The third-order valence-electron chi connectivity index (χ3n) is 3.51. The Morgan fingerprint density at radius 3 is 2.45 bits per heavy atom. The van der Waals surface area contributed by atoms with Crippen molar-refractivity contribution in [1.29, 1.82) is 0 Å². The lowest BCUT2D eigenvalue weighted by atomic mass is 9.77. The number of nitrogens with two attached hydrogens (primary N) is 1. The van der Waals surface area contributed by atoms with Crippen molar-refractivity contribution in [2.45, 2.75) is 24.8 Å². The molecule has 0 aromatic heterocycles. The van der Waals surface area contributed by atoms with Crippen LogP contribution >= 0.6 is 0 Å². The number of benzene rings is 1. The Kier molecular flexibility index (Phi) is 4.20. The Morgan fingerprint density at radius 2 is 1.95 bits per heavy atom. The van der Waals surface area contributed by atoms with Crippen molar-refractivity contribution in [1.82, 2.24) is 5.32 Å². The second kappa shape index (κ2) is 5.88. The van der Waals surface area contributed by atoms with Gasteiger partial charge in [-0.15, -0.1) is 6.58 Å². The van der Waals surface area contributed by atoms with Gasteiger partial charge in [-0.05, 0) is 43.5 Å². The van der Waals surface area contributed by atoms with Crippen LogP contribution < -0.4 is 16.4 Å². The van der Waals surface area contributed by atoms with Crippen LogP contribution in [0.1, 0.15) is 29.6 Å². The van der Waals surface area contributed by atoms with E-state index in [9.17, 15) is 9.59 Å². The van der Waals surface area contributed by atoms with Gasteiger partial charge in [-0.1, -0.05) is 6.08 Å². The minimum atomic E-state index is -0.722. The molecule has 1 aliphatic carbocycles. The minimum Gasteiger partial charge on any atom is -0.349 e. The molecule has 0 saturated heterocycles. The van der Waals surface area contributed by atoms with Crippen molar-refractivity contribution in [3.63, 3.8) is 0 Å². The fraction of sp³-hybridized carbons (Fsp3) is 0.333. The highest BCUT2D eigenvalue weighted by atomic mass is 16.2. The molecule has 4 N–H and O–H groups in total. The summed E-state index contributed by atoms with van der Waals surface area (Å²) in [6.07, 6.45) is 4.06. The molecule has 5 nitrogen and oxygen atoms in total. The van der Waals surface area contributed by atoms with Gasteiger partial charge >= 0.3 is 0 Å². The number of anilines is 1. The van der Waals surface area contributed by atoms with Crippen LogP contribution in [-0.4, -0.2) is 23.9 Å². The van der Waals surface area contributed by atoms with Crippen molar-refractivity contribution in [3.8, 4) is 0 Å². The van der Waals surface area contributed by atoms with Crippen molar-refractivity contribution in [3.05, 3.63) is 42.5 Å². The van der Waals surface area contributed by atoms with Gasteiger partial charge in [0, 0.05) is 17.8 Å². The molecule has 0 aliphatic heterocycles. The van der Waals surface area contributed by atoms with Gasteiger partial charge in [0.2, 0.25) is 5.91 Å². The van der Waals surface area contributed by atoms with Crippen LogP contribution in [0.25, 0.3) is 0 Å². The molecule has 1 aromatic rings. The number of rotatable bonds is 5.